The largest absolute Gasteiger partial charge is 0.444 e. The maximum Gasteiger partial charge on any atom is 0.410 e. The Labute approximate surface area is 130 Å². The Kier molecular flexibility index (Phi) is 4.63. The number of rotatable bonds is 2. The molecule has 2 heterocycles. The number of anilines is 1. The van der Waals surface area contributed by atoms with Crippen molar-refractivity contribution in [3.8, 4) is 0 Å². The van der Waals surface area contributed by atoms with E-state index in [4.69, 9.17) is 4.74 Å². The predicted molar refractivity (Wildman–Crippen MR) is 83.5 cm³/mol. The van der Waals surface area contributed by atoms with Crippen LogP contribution in [0.15, 0.2) is 18.3 Å². The third kappa shape index (κ3) is 4.16. The number of amides is 1. The van der Waals surface area contributed by atoms with Crippen LogP contribution in [-0.2, 0) is 4.74 Å². The van der Waals surface area contributed by atoms with Gasteiger partial charge in [-0.3, -0.25) is 0 Å². The number of nitrogens with zero attached hydrogens (tertiary/aromatic N) is 4. The van der Waals surface area contributed by atoms with Gasteiger partial charge in [-0.05, 0) is 36.6 Å². The lowest BCUT2D eigenvalue weighted by molar-refractivity contribution is -0.432. The fourth-order valence-corrected chi connectivity index (χ4v) is 2.23. The lowest BCUT2D eigenvalue weighted by atomic mass is 10.2. The Hall–Kier alpha value is -2.18. The van der Waals surface area contributed by atoms with Crippen LogP contribution in [0.3, 0.4) is 0 Å². The van der Waals surface area contributed by atoms with Crippen LogP contribution in [0.5, 0.6) is 0 Å². The van der Waals surface area contributed by atoms with Crippen molar-refractivity contribution in [1.29, 1.82) is 0 Å². The lowest BCUT2D eigenvalue weighted by Crippen LogP contribution is -2.50. The van der Waals surface area contributed by atoms with Gasteiger partial charge in [-0.1, -0.05) is 4.91 Å². The Balaban J connectivity index is 1.91. The zero-order valence-corrected chi connectivity index (χ0v) is 13.6. The molecule has 22 heavy (non-hydrogen) atoms. The van der Waals surface area contributed by atoms with Gasteiger partial charge >= 0.3 is 11.9 Å². The molecule has 0 aromatic carbocycles. The van der Waals surface area contributed by atoms with Crippen molar-refractivity contribution in [2.75, 3.05) is 38.1 Å². The minimum atomic E-state index is -0.474. The summed E-state index contributed by atoms with van der Waals surface area (Å²) in [5.41, 5.74) is 0.479. The molecule has 0 bridgehead atoms. The van der Waals surface area contributed by atoms with Crippen LogP contribution in [0.25, 0.3) is 0 Å². The number of carbonyl (C=O) groups excluding carboxylic acids is 1. The number of aromatic nitrogens is 1. The molecule has 7 nitrogen and oxygen atoms in total. The number of hydrogen-bond acceptors (Lipinski definition) is 5. The smallest absolute Gasteiger partial charge is 0.410 e. The van der Waals surface area contributed by atoms with Crippen molar-refractivity contribution in [1.82, 2.24) is 9.88 Å². The molecular formula is C15H23N4O3+. The number of carbonyl (C=O) groups is 1. The van der Waals surface area contributed by atoms with Crippen LogP contribution in [0.1, 0.15) is 20.8 Å². The van der Waals surface area contributed by atoms with E-state index in [2.05, 4.69) is 9.88 Å². The summed E-state index contributed by atoms with van der Waals surface area (Å²) in [7, 11) is 1.42. The average molecular weight is 307 g/mol. The van der Waals surface area contributed by atoms with Crippen molar-refractivity contribution >= 4 is 17.6 Å². The third-order valence-corrected chi connectivity index (χ3v) is 3.35. The second-order valence-electron chi connectivity index (χ2n) is 6.33. The third-order valence-electron chi connectivity index (χ3n) is 3.35. The minimum Gasteiger partial charge on any atom is -0.444 e. The molecule has 0 spiro atoms. The highest BCUT2D eigenvalue weighted by atomic mass is 16.6. The first kappa shape index (κ1) is 16.2. The molecule has 0 radical (unpaired) electrons. The Morgan fingerprint density at radius 1 is 1.23 bits per heavy atom. The fourth-order valence-electron chi connectivity index (χ4n) is 2.23. The molecule has 0 aliphatic carbocycles. The molecule has 1 aliphatic heterocycles. The second-order valence-corrected chi connectivity index (χ2v) is 6.33. The number of hydrogen-bond donors (Lipinski definition) is 0. The van der Waals surface area contributed by atoms with Crippen LogP contribution in [0.4, 0.5) is 16.3 Å². The van der Waals surface area contributed by atoms with Gasteiger partial charge in [0, 0.05) is 32.2 Å². The number of piperazine rings is 1. The monoisotopic (exact) mass is 307 g/mol. The second kappa shape index (κ2) is 6.29. The van der Waals surface area contributed by atoms with Crippen LogP contribution < -0.4 is 4.90 Å². The first-order chi connectivity index (χ1) is 10.3. The van der Waals surface area contributed by atoms with Crippen LogP contribution in [0, 0.1) is 4.91 Å². The molecule has 1 aromatic rings. The summed E-state index contributed by atoms with van der Waals surface area (Å²) >= 11 is 0. The first-order valence-corrected chi connectivity index (χ1v) is 7.36. The van der Waals surface area contributed by atoms with E-state index in [9.17, 15) is 9.70 Å². The van der Waals surface area contributed by atoms with Crippen LogP contribution in [-0.4, -0.2) is 59.6 Å². The van der Waals surface area contributed by atoms with E-state index >= 15 is 0 Å². The summed E-state index contributed by atoms with van der Waals surface area (Å²) in [6, 6.07) is 3.57. The molecule has 0 saturated carbocycles. The maximum absolute atomic E-state index is 12.0. The molecule has 1 amide bonds. The Morgan fingerprint density at radius 3 is 2.32 bits per heavy atom. The molecule has 1 aliphatic rings. The predicted octanol–water partition coefficient (Wildman–Crippen LogP) is 2.18. The van der Waals surface area contributed by atoms with E-state index in [0.29, 0.717) is 32.0 Å². The SMILES string of the molecule is C[N+](=O)c1ccc(N2CCN(C(=O)OC(C)(C)C)CC2)cn1. The van der Waals surface area contributed by atoms with Gasteiger partial charge in [0.05, 0.1) is 5.69 Å². The van der Waals surface area contributed by atoms with Crippen molar-refractivity contribution in [2.24, 2.45) is 0 Å². The molecule has 2 rings (SSSR count). The minimum absolute atomic E-state index is 0.270. The molecule has 1 aromatic heterocycles. The highest BCUT2D eigenvalue weighted by molar-refractivity contribution is 5.68. The van der Waals surface area contributed by atoms with Crippen molar-refractivity contribution in [3.63, 3.8) is 0 Å². The Bertz CT molecular complexity index is 543. The van der Waals surface area contributed by atoms with E-state index in [-0.39, 0.29) is 6.09 Å². The Morgan fingerprint density at radius 2 is 1.86 bits per heavy atom. The molecule has 1 saturated heterocycles. The quantitative estimate of drug-likeness (QED) is 0.784. The normalized spacial score (nSPS) is 15.6. The highest BCUT2D eigenvalue weighted by Gasteiger charge is 2.26. The van der Waals surface area contributed by atoms with Crippen molar-refractivity contribution in [2.45, 2.75) is 26.4 Å². The van der Waals surface area contributed by atoms with Gasteiger partial charge in [0.1, 0.15) is 12.6 Å². The van der Waals surface area contributed by atoms with Crippen molar-refractivity contribution < 1.29 is 14.3 Å². The molecule has 1 fully saturated rings. The van der Waals surface area contributed by atoms with Crippen molar-refractivity contribution in [3.05, 3.63) is 23.2 Å². The molecule has 120 valence electrons. The fraction of sp³-hybridized carbons (Fsp3) is 0.600. The molecule has 0 N–H and O–H groups in total. The van der Waals surface area contributed by atoms with E-state index < -0.39 is 5.60 Å². The average Bonchev–Trinajstić information content (AvgIpc) is 2.46. The molecule has 0 unspecified atom stereocenters. The summed E-state index contributed by atoms with van der Waals surface area (Å²) in [6.45, 7) is 8.24. The zero-order chi connectivity index (χ0) is 16.3. The van der Waals surface area contributed by atoms with Crippen LogP contribution >= 0.6 is 0 Å². The molecule has 7 heteroatoms. The van der Waals surface area contributed by atoms with Gasteiger partial charge in [0.15, 0.2) is 6.20 Å². The van der Waals surface area contributed by atoms with Gasteiger partial charge in [0.2, 0.25) is 0 Å². The van der Waals surface area contributed by atoms with Gasteiger partial charge in [-0.25, -0.2) is 4.79 Å². The first-order valence-electron chi connectivity index (χ1n) is 7.36. The number of nitroso groups, excluding NO2 is 1. The van der Waals surface area contributed by atoms with Crippen LogP contribution in [0.2, 0.25) is 0 Å². The number of ether oxygens (including phenoxy) is 1. The molecule has 0 atom stereocenters. The zero-order valence-electron chi connectivity index (χ0n) is 13.6. The van der Waals surface area contributed by atoms with E-state index in [1.54, 1.807) is 17.2 Å². The van der Waals surface area contributed by atoms with Gasteiger partial charge in [-0.2, -0.15) is 0 Å². The van der Waals surface area contributed by atoms with Gasteiger partial charge in [-0.15, -0.1) is 0 Å². The summed E-state index contributed by atoms with van der Waals surface area (Å²) in [4.78, 5) is 31.1. The highest BCUT2D eigenvalue weighted by Crippen LogP contribution is 2.19. The summed E-state index contributed by atoms with van der Waals surface area (Å²) in [5, 5.41) is 0. The summed E-state index contributed by atoms with van der Waals surface area (Å²) < 4.78 is 6.10. The lowest BCUT2D eigenvalue weighted by Gasteiger charge is -2.36. The topological polar surface area (TPSA) is 65.8 Å². The van der Waals surface area contributed by atoms with Gasteiger partial charge in [0.25, 0.3) is 0 Å². The van der Waals surface area contributed by atoms with E-state index in [0.717, 1.165) is 10.4 Å². The standard InChI is InChI=1S/C15H23N4O3/c1-15(2,3)22-14(20)19-9-7-18(8-10-19)12-5-6-13(16-11-12)17(4)21/h5-6,11H,7-10H2,1-4H3/q+1. The van der Waals surface area contributed by atoms with E-state index in [1.807, 2.05) is 26.8 Å². The maximum atomic E-state index is 12.0. The summed E-state index contributed by atoms with van der Waals surface area (Å²) in [5.74, 6) is 0.385. The number of pyridine rings is 1. The summed E-state index contributed by atoms with van der Waals surface area (Å²) in [6.07, 6.45) is 1.42. The van der Waals surface area contributed by atoms with Gasteiger partial charge < -0.3 is 14.5 Å². The van der Waals surface area contributed by atoms with E-state index in [1.165, 1.54) is 7.05 Å². The molecular weight excluding hydrogens is 284 g/mol.